The van der Waals surface area contributed by atoms with Gasteiger partial charge >= 0.3 is 13.7 Å². The largest absolute Gasteiger partial charge is 0.458 e. The molecule has 1 heterocycles. The molecule has 1 rings (SSSR count). The third-order valence-electron chi connectivity index (χ3n) is 4.39. The lowest BCUT2D eigenvalue weighted by Crippen LogP contribution is -2.38. The van der Waals surface area contributed by atoms with Gasteiger partial charge in [-0.1, -0.05) is 67.7 Å². The van der Waals surface area contributed by atoms with Crippen molar-refractivity contribution in [2.75, 3.05) is 20.3 Å². The van der Waals surface area contributed by atoms with Gasteiger partial charge in [0.15, 0.2) is 0 Å². The lowest BCUT2D eigenvalue weighted by molar-refractivity contribution is -0.151. The van der Waals surface area contributed by atoms with E-state index in [1.807, 2.05) is 0 Å². The molecule has 174 valence electrons. The van der Waals surface area contributed by atoms with Gasteiger partial charge in [-0.2, -0.15) is 0 Å². The molecule has 0 aromatic carbocycles. The highest BCUT2D eigenvalue weighted by Crippen LogP contribution is 2.44. The van der Waals surface area contributed by atoms with Crippen LogP contribution in [0.3, 0.4) is 0 Å². The maximum atomic E-state index is 11.8. The van der Waals surface area contributed by atoms with E-state index >= 15 is 0 Å². The molecule has 6 nitrogen and oxygen atoms in total. The zero-order valence-corrected chi connectivity index (χ0v) is 19.8. The predicted octanol–water partition coefficient (Wildman–Crippen LogP) is 6.19. The highest BCUT2D eigenvalue weighted by atomic mass is 31.2. The summed E-state index contributed by atoms with van der Waals surface area (Å²) in [5.74, 6) is -0.267. The summed E-state index contributed by atoms with van der Waals surface area (Å²) in [7, 11) is -1.88. The second kappa shape index (κ2) is 17.9. The molecule has 0 unspecified atom stereocenters. The summed E-state index contributed by atoms with van der Waals surface area (Å²) in [5.41, 5.74) is 0. The fourth-order valence-corrected chi connectivity index (χ4v) is 3.79. The number of ether oxygens (including phenoxy) is 1. The molecule has 31 heavy (non-hydrogen) atoms. The average molecular weight is 452 g/mol. The standard InChI is InChI=1S/C24H38NO5P/c1-3-4-5-6-7-8-9-10-11-12-13-14-15-16-17-18-19-20-24(26)30-23-21-25-31(27,28-2)29-22-23/h4-5,7-8,10-11,13-14,16-17,23H,3,6,9,12,15,18-22H2,1-2H3,(H,25,27)/b5-4-,8-7-,11-10-,14-13-,17-16-/t23-,31+/m1/s1. The smallest absolute Gasteiger partial charge is 0.405 e. The summed E-state index contributed by atoms with van der Waals surface area (Å²) in [6.45, 7) is 2.49. The summed E-state index contributed by atoms with van der Waals surface area (Å²) >= 11 is 0. The summed E-state index contributed by atoms with van der Waals surface area (Å²) in [6, 6.07) is 0. The lowest BCUT2D eigenvalue weighted by Gasteiger charge is -2.28. The molecule has 1 aliphatic heterocycles. The normalized spacial score (nSPS) is 22.6. The van der Waals surface area contributed by atoms with Crippen molar-refractivity contribution in [3.63, 3.8) is 0 Å². The molecule has 0 amide bonds. The highest BCUT2D eigenvalue weighted by Gasteiger charge is 2.32. The minimum Gasteiger partial charge on any atom is -0.458 e. The maximum Gasteiger partial charge on any atom is 0.405 e. The Labute approximate surface area is 187 Å². The van der Waals surface area contributed by atoms with Crippen LogP contribution in [0.1, 0.15) is 58.3 Å². The van der Waals surface area contributed by atoms with E-state index in [2.05, 4.69) is 72.8 Å². The van der Waals surface area contributed by atoms with Crippen molar-refractivity contribution in [3.05, 3.63) is 60.8 Å². The first-order valence-corrected chi connectivity index (χ1v) is 12.6. The number of nitrogens with one attached hydrogen (secondary N) is 1. The average Bonchev–Trinajstić information content (AvgIpc) is 2.77. The molecule has 0 aliphatic carbocycles. The van der Waals surface area contributed by atoms with Gasteiger partial charge in [0.1, 0.15) is 6.10 Å². The topological polar surface area (TPSA) is 73.9 Å². The van der Waals surface area contributed by atoms with E-state index in [0.29, 0.717) is 6.42 Å². The minimum absolute atomic E-state index is 0.0820. The second-order valence-electron chi connectivity index (χ2n) is 7.05. The first-order valence-electron chi connectivity index (χ1n) is 11.1. The number of allylic oxidation sites excluding steroid dienone is 10. The fourth-order valence-electron chi connectivity index (χ4n) is 2.67. The van der Waals surface area contributed by atoms with Gasteiger partial charge in [-0.15, -0.1) is 0 Å². The Morgan fingerprint density at radius 1 is 0.968 bits per heavy atom. The van der Waals surface area contributed by atoms with Crippen molar-refractivity contribution in [2.45, 2.75) is 64.4 Å². The lowest BCUT2D eigenvalue weighted by atomic mass is 10.2. The van der Waals surface area contributed by atoms with Crippen LogP contribution in [0.25, 0.3) is 0 Å². The Bertz CT molecular complexity index is 669. The molecule has 0 aromatic heterocycles. The molecular formula is C24H38NO5P. The SMILES string of the molecule is CC/C=C\C/C=C\C/C=C\C/C=C\C/C=C\CCCC(=O)O[C@@H]1CN[P@](=O)(OC)OC1. The van der Waals surface area contributed by atoms with Gasteiger partial charge in [-0.05, 0) is 44.9 Å². The Morgan fingerprint density at radius 3 is 2.00 bits per heavy atom. The summed E-state index contributed by atoms with van der Waals surface area (Å²) in [6.07, 6.45) is 28.1. The van der Waals surface area contributed by atoms with Crippen molar-refractivity contribution < 1.29 is 23.1 Å². The van der Waals surface area contributed by atoms with Crippen LogP contribution in [0.4, 0.5) is 0 Å². The molecule has 0 radical (unpaired) electrons. The minimum atomic E-state index is -3.20. The van der Waals surface area contributed by atoms with Crippen LogP contribution in [0.15, 0.2) is 60.8 Å². The molecule has 1 N–H and O–H groups in total. The van der Waals surface area contributed by atoms with Crippen LogP contribution in [0, 0.1) is 0 Å². The molecule has 1 fully saturated rings. The zero-order valence-electron chi connectivity index (χ0n) is 18.9. The first kappa shape index (κ1) is 27.3. The molecule has 0 spiro atoms. The van der Waals surface area contributed by atoms with Crippen LogP contribution in [0.2, 0.25) is 0 Å². The monoisotopic (exact) mass is 451 g/mol. The molecule has 1 aliphatic rings. The Kier molecular flexibility index (Phi) is 15.8. The van der Waals surface area contributed by atoms with Gasteiger partial charge in [0, 0.05) is 20.1 Å². The van der Waals surface area contributed by atoms with Crippen molar-refractivity contribution in [3.8, 4) is 0 Å². The van der Waals surface area contributed by atoms with Crippen LogP contribution in [0.5, 0.6) is 0 Å². The maximum absolute atomic E-state index is 11.8. The summed E-state index contributed by atoms with van der Waals surface area (Å²) < 4.78 is 26.9. The van der Waals surface area contributed by atoms with Crippen molar-refractivity contribution >= 4 is 13.7 Å². The highest BCUT2D eigenvalue weighted by molar-refractivity contribution is 7.51. The number of rotatable bonds is 15. The van der Waals surface area contributed by atoms with Crippen LogP contribution >= 0.6 is 7.75 Å². The molecular weight excluding hydrogens is 413 g/mol. The number of hydrogen-bond donors (Lipinski definition) is 1. The van der Waals surface area contributed by atoms with Crippen LogP contribution in [-0.4, -0.2) is 32.3 Å². The number of carbonyl (C=O) groups excluding carboxylic acids is 1. The fraction of sp³-hybridized carbons (Fsp3) is 0.542. The number of carbonyl (C=O) groups is 1. The van der Waals surface area contributed by atoms with E-state index in [-0.39, 0.29) is 19.1 Å². The molecule has 0 bridgehead atoms. The van der Waals surface area contributed by atoms with Gasteiger partial charge < -0.3 is 9.26 Å². The van der Waals surface area contributed by atoms with E-state index in [4.69, 9.17) is 13.8 Å². The third kappa shape index (κ3) is 14.8. The predicted molar refractivity (Wildman–Crippen MR) is 127 cm³/mol. The third-order valence-corrected chi connectivity index (χ3v) is 5.93. The van der Waals surface area contributed by atoms with E-state index in [0.717, 1.165) is 44.9 Å². The molecule has 0 saturated carbocycles. The van der Waals surface area contributed by atoms with Gasteiger partial charge in [-0.3, -0.25) is 9.32 Å². The number of esters is 1. The van der Waals surface area contributed by atoms with Gasteiger partial charge in [0.05, 0.1) is 6.61 Å². The van der Waals surface area contributed by atoms with Gasteiger partial charge in [0.2, 0.25) is 0 Å². The second-order valence-corrected chi connectivity index (χ2v) is 8.98. The molecule has 0 aromatic rings. The molecule has 7 heteroatoms. The van der Waals surface area contributed by atoms with Crippen LogP contribution < -0.4 is 5.09 Å². The van der Waals surface area contributed by atoms with E-state index in [9.17, 15) is 9.36 Å². The zero-order chi connectivity index (χ0) is 22.6. The van der Waals surface area contributed by atoms with Gasteiger partial charge in [-0.25, -0.2) is 9.65 Å². The quantitative estimate of drug-likeness (QED) is 0.138. The molecule has 1 saturated heterocycles. The summed E-state index contributed by atoms with van der Waals surface area (Å²) in [4.78, 5) is 11.8. The van der Waals surface area contributed by atoms with Crippen LogP contribution in [-0.2, 0) is 23.1 Å². The van der Waals surface area contributed by atoms with E-state index < -0.39 is 13.9 Å². The Hall–Kier alpha value is -1.72. The summed E-state index contributed by atoms with van der Waals surface area (Å²) in [5, 5.41) is 2.63. The Balaban J connectivity index is 1.99. The van der Waals surface area contributed by atoms with Crippen molar-refractivity contribution in [1.82, 2.24) is 5.09 Å². The van der Waals surface area contributed by atoms with Gasteiger partial charge in [0.25, 0.3) is 0 Å². The number of unbranched alkanes of at least 4 members (excludes halogenated alkanes) is 1. The molecule has 2 atom stereocenters. The van der Waals surface area contributed by atoms with Crippen molar-refractivity contribution in [2.24, 2.45) is 0 Å². The first-order chi connectivity index (χ1) is 15.1. The van der Waals surface area contributed by atoms with E-state index in [1.165, 1.54) is 7.11 Å². The number of hydrogen-bond acceptors (Lipinski definition) is 5. The van der Waals surface area contributed by atoms with E-state index in [1.54, 1.807) is 0 Å². The Morgan fingerprint density at radius 2 is 1.52 bits per heavy atom. The van der Waals surface area contributed by atoms with Crippen molar-refractivity contribution in [1.29, 1.82) is 0 Å².